The van der Waals surface area contributed by atoms with Crippen LogP contribution in [0, 0.1) is 10.1 Å². The molecule has 15 nitrogen and oxygen atoms in total. The summed E-state index contributed by atoms with van der Waals surface area (Å²) in [5.74, 6) is -2.65. The van der Waals surface area contributed by atoms with Gasteiger partial charge in [0.1, 0.15) is 12.7 Å². The molecule has 0 saturated heterocycles. The van der Waals surface area contributed by atoms with Crippen LogP contribution in [0.5, 0.6) is 11.5 Å². The van der Waals surface area contributed by atoms with E-state index in [0.717, 1.165) is 10.6 Å². The standard InChI is InChI=1S/C32H42N4O11S/c1-7-46-31(40)29-24(34-20(2)27(30(38)39)28(29)21-11-10-12-22(15-21)36(41)42)17-35(48(6,43)44)19-32(3,4)33-16-23(37)18-47-26-14-9-8-13-25(26)45-5/h8-15,23,28,33-34,37H,7,16-19H2,1-6H3,(H,38,39). The van der Waals surface area contributed by atoms with Gasteiger partial charge in [0.2, 0.25) is 10.0 Å². The number of ether oxygens (including phenoxy) is 3. The lowest BCUT2D eigenvalue weighted by Gasteiger charge is -2.36. The highest BCUT2D eigenvalue weighted by Gasteiger charge is 2.40. The van der Waals surface area contributed by atoms with Crippen LogP contribution in [-0.4, -0.2) is 97.7 Å². The summed E-state index contributed by atoms with van der Waals surface area (Å²) in [6.07, 6.45) is 0.0208. The lowest BCUT2D eigenvalue weighted by Crippen LogP contribution is -2.53. The number of non-ortho nitro benzene ring substituents is 1. The van der Waals surface area contributed by atoms with Gasteiger partial charge in [-0.1, -0.05) is 24.3 Å². The van der Waals surface area contributed by atoms with Gasteiger partial charge >= 0.3 is 11.9 Å². The maximum atomic E-state index is 13.5. The Morgan fingerprint density at radius 2 is 1.81 bits per heavy atom. The molecule has 2 atom stereocenters. The highest BCUT2D eigenvalue weighted by Crippen LogP contribution is 2.40. The molecule has 262 valence electrons. The molecule has 1 aliphatic heterocycles. The van der Waals surface area contributed by atoms with Crippen LogP contribution in [0.3, 0.4) is 0 Å². The SMILES string of the molecule is CCOC(=O)C1=C(CN(CC(C)(C)NCC(O)COc2ccccc2OC)S(C)(=O)=O)NC(C)=C(C(=O)O)C1c1cccc([N+](=O)[O-])c1. The molecule has 2 aromatic carbocycles. The minimum Gasteiger partial charge on any atom is -0.493 e. The number of aliphatic hydroxyl groups excluding tert-OH is 1. The van der Waals surface area contributed by atoms with E-state index in [4.69, 9.17) is 14.2 Å². The van der Waals surface area contributed by atoms with Crippen molar-refractivity contribution in [1.29, 1.82) is 0 Å². The number of rotatable bonds is 17. The van der Waals surface area contributed by atoms with E-state index < -0.39 is 51.0 Å². The second-order valence-electron chi connectivity index (χ2n) is 11.8. The third-order valence-corrected chi connectivity index (χ3v) is 8.67. The normalized spacial score (nSPS) is 16.0. The van der Waals surface area contributed by atoms with E-state index in [2.05, 4.69) is 10.6 Å². The number of hydrogen-bond donors (Lipinski definition) is 4. The van der Waals surface area contributed by atoms with Gasteiger partial charge in [0.15, 0.2) is 11.5 Å². The molecule has 2 aromatic rings. The Hall–Kier alpha value is -4.51. The maximum Gasteiger partial charge on any atom is 0.336 e. The molecule has 0 saturated carbocycles. The van der Waals surface area contributed by atoms with Gasteiger partial charge in [-0.2, -0.15) is 4.31 Å². The van der Waals surface area contributed by atoms with E-state index in [1.807, 2.05) is 0 Å². The first-order chi connectivity index (χ1) is 22.5. The highest BCUT2D eigenvalue weighted by molar-refractivity contribution is 7.88. The van der Waals surface area contributed by atoms with Crippen molar-refractivity contribution in [2.24, 2.45) is 0 Å². The van der Waals surface area contributed by atoms with Crippen molar-refractivity contribution in [3.05, 3.63) is 86.7 Å². The van der Waals surface area contributed by atoms with Gasteiger partial charge in [-0.25, -0.2) is 18.0 Å². The lowest BCUT2D eigenvalue weighted by molar-refractivity contribution is -0.384. The van der Waals surface area contributed by atoms with E-state index in [0.29, 0.717) is 11.5 Å². The number of sulfonamides is 1. The Balaban J connectivity index is 1.94. The minimum atomic E-state index is -3.95. The van der Waals surface area contributed by atoms with E-state index in [-0.39, 0.29) is 60.1 Å². The van der Waals surface area contributed by atoms with Gasteiger partial charge in [0.05, 0.1) is 48.5 Å². The Morgan fingerprint density at radius 3 is 2.40 bits per heavy atom. The zero-order valence-corrected chi connectivity index (χ0v) is 28.5. The van der Waals surface area contributed by atoms with Gasteiger partial charge in [0.25, 0.3) is 5.69 Å². The van der Waals surface area contributed by atoms with Gasteiger partial charge in [-0.15, -0.1) is 0 Å². The Bertz CT molecular complexity index is 1690. The van der Waals surface area contributed by atoms with Crippen LogP contribution in [0.15, 0.2) is 71.1 Å². The molecule has 0 aromatic heterocycles. The van der Waals surface area contributed by atoms with Crippen LogP contribution < -0.4 is 20.1 Å². The van der Waals surface area contributed by atoms with E-state index >= 15 is 0 Å². The van der Waals surface area contributed by atoms with Crippen molar-refractivity contribution in [3.63, 3.8) is 0 Å². The average molecular weight is 691 g/mol. The molecular weight excluding hydrogens is 648 g/mol. The number of aliphatic hydroxyl groups is 1. The van der Waals surface area contributed by atoms with Crippen molar-refractivity contribution in [2.45, 2.75) is 45.3 Å². The Kier molecular flexibility index (Phi) is 12.7. The number of carbonyl (C=O) groups excluding carboxylic acids is 1. The molecular formula is C32H42N4O11S. The number of nitrogens with zero attached hydrogens (tertiary/aromatic N) is 2. The summed E-state index contributed by atoms with van der Waals surface area (Å²) in [5, 5.41) is 38.4. The largest absolute Gasteiger partial charge is 0.493 e. The summed E-state index contributed by atoms with van der Waals surface area (Å²) < 4.78 is 43.6. The minimum absolute atomic E-state index is 0.0352. The Morgan fingerprint density at radius 1 is 1.15 bits per heavy atom. The molecule has 1 aliphatic rings. The number of carboxylic acid groups (broad SMARTS) is 1. The van der Waals surface area contributed by atoms with E-state index in [1.165, 1.54) is 38.3 Å². The number of nitrogens with one attached hydrogen (secondary N) is 2. The molecule has 3 rings (SSSR count). The first kappa shape index (κ1) is 37.9. The van der Waals surface area contributed by atoms with Crippen LogP contribution in [0.2, 0.25) is 0 Å². The summed E-state index contributed by atoms with van der Waals surface area (Å²) in [4.78, 5) is 36.9. The van der Waals surface area contributed by atoms with Crippen LogP contribution in [0.4, 0.5) is 5.69 Å². The van der Waals surface area contributed by atoms with Crippen LogP contribution in [0.25, 0.3) is 0 Å². The number of dihydropyridines is 1. The molecule has 0 spiro atoms. The average Bonchev–Trinajstić information content (AvgIpc) is 3.01. The molecule has 4 N–H and O–H groups in total. The summed E-state index contributed by atoms with van der Waals surface area (Å²) in [6, 6.07) is 12.2. The quantitative estimate of drug-likeness (QED) is 0.107. The van der Waals surface area contributed by atoms with Crippen molar-refractivity contribution in [3.8, 4) is 11.5 Å². The number of nitro benzene ring substituents is 1. The first-order valence-electron chi connectivity index (χ1n) is 15.0. The fourth-order valence-corrected chi connectivity index (χ4v) is 6.17. The number of methoxy groups -OCH3 is 1. The maximum absolute atomic E-state index is 13.5. The van der Waals surface area contributed by atoms with E-state index in [1.54, 1.807) is 45.0 Å². The number of nitro groups is 1. The topological polar surface area (TPSA) is 207 Å². The monoisotopic (exact) mass is 690 g/mol. The number of carbonyl (C=O) groups is 2. The second kappa shape index (κ2) is 16.1. The lowest BCUT2D eigenvalue weighted by atomic mass is 9.80. The number of benzene rings is 2. The molecule has 0 bridgehead atoms. The molecule has 0 radical (unpaired) electrons. The number of hydrogen-bond acceptors (Lipinski definition) is 12. The van der Waals surface area contributed by atoms with Crippen molar-refractivity contribution in [2.75, 3.05) is 46.2 Å². The fraction of sp³-hybridized carbons (Fsp3) is 0.438. The van der Waals surface area contributed by atoms with Gasteiger partial charge < -0.3 is 35.1 Å². The van der Waals surface area contributed by atoms with Crippen molar-refractivity contribution < 1.29 is 47.4 Å². The molecule has 48 heavy (non-hydrogen) atoms. The fourth-order valence-electron chi connectivity index (χ4n) is 5.25. The third-order valence-electron chi connectivity index (χ3n) is 7.48. The molecule has 16 heteroatoms. The second-order valence-corrected chi connectivity index (χ2v) is 13.8. The number of esters is 1. The van der Waals surface area contributed by atoms with Crippen LogP contribution in [-0.2, 0) is 24.3 Å². The van der Waals surface area contributed by atoms with Crippen molar-refractivity contribution >= 4 is 27.6 Å². The zero-order chi connectivity index (χ0) is 35.8. The third kappa shape index (κ3) is 9.76. The zero-order valence-electron chi connectivity index (χ0n) is 27.7. The molecule has 0 amide bonds. The first-order valence-corrected chi connectivity index (χ1v) is 16.8. The summed E-state index contributed by atoms with van der Waals surface area (Å²) in [5.41, 5.74) is -1.38. The van der Waals surface area contributed by atoms with Gasteiger partial charge in [-0.05, 0) is 45.4 Å². The number of β-amino-alcohol motifs (C(OH)–C–C–N with tert-alkyl or cyclic N) is 1. The predicted octanol–water partition coefficient (Wildman–Crippen LogP) is 2.54. The van der Waals surface area contributed by atoms with Gasteiger partial charge in [-0.3, -0.25) is 10.1 Å². The molecule has 1 heterocycles. The Labute approximate surface area is 279 Å². The predicted molar refractivity (Wildman–Crippen MR) is 176 cm³/mol. The molecule has 2 unspecified atom stereocenters. The van der Waals surface area contributed by atoms with E-state index in [9.17, 15) is 38.3 Å². The molecule has 0 fully saturated rings. The van der Waals surface area contributed by atoms with Crippen LogP contribution >= 0.6 is 0 Å². The number of aliphatic carboxylic acids is 1. The van der Waals surface area contributed by atoms with Crippen LogP contribution in [0.1, 0.15) is 39.2 Å². The summed E-state index contributed by atoms with van der Waals surface area (Å²) >= 11 is 0. The van der Waals surface area contributed by atoms with Crippen molar-refractivity contribution in [1.82, 2.24) is 14.9 Å². The molecule has 0 aliphatic carbocycles. The number of allylic oxidation sites excluding steroid dienone is 1. The summed E-state index contributed by atoms with van der Waals surface area (Å²) in [6.45, 7) is 5.84. The number of carboxylic acids is 1. The highest BCUT2D eigenvalue weighted by atomic mass is 32.2. The van der Waals surface area contributed by atoms with Gasteiger partial charge in [0, 0.05) is 42.2 Å². The number of para-hydroxylation sites is 2. The smallest absolute Gasteiger partial charge is 0.336 e. The summed E-state index contributed by atoms with van der Waals surface area (Å²) in [7, 11) is -2.45.